The fourth-order valence-corrected chi connectivity index (χ4v) is 2.52. The van der Waals surface area contributed by atoms with Crippen molar-refractivity contribution >= 4 is 11.6 Å². The van der Waals surface area contributed by atoms with E-state index in [9.17, 15) is 4.79 Å². The Kier molecular flexibility index (Phi) is 8.74. The molecule has 0 radical (unpaired) electrons. The summed E-state index contributed by atoms with van der Waals surface area (Å²) in [6.07, 6.45) is 2.78. The van der Waals surface area contributed by atoms with Crippen LogP contribution in [-0.4, -0.2) is 39.6 Å². The highest BCUT2D eigenvalue weighted by molar-refractivity contribution is 5.94. The van der Waals surface area contributed by atoms with Crippen LogP contribution in [0.15, 0.2) is 18.2 Å². The Hall–Kier alpha value is -1.43. The molecule has 124 valence electrons. The third-order valence-corrected chi connectivity index (χ3v) is 3.81. The third-order valence-electron chi connectivity index (χ3n) is 3.81. The molecule has 0 spiro atoms. The van der Waals surface area contributed by atoms with E-state index in [0.717, 1.165) is 38.0 Å². The lowest BCUT2D eigenvalue weighted by atomic mass is 10.0. The molecule has 5 heteroatoms. The minimum Gasteiger partial charge on any atom is -0.325 e. The maximum Gasteiger partial charge on any atom is 0.241 e. The maximum absolute atomic E-state index is 12.4. The second-order valence-electron chi connectivity index (χ2n) is 5.44. The second kappa shape index (κ2) is 10.3. The van der Waals surface area contributed by atoms with Crippen molar-refractivity contribution in [2.24, 2.45) is 0 Å². The highest BCUT2D eigenvalue weighted by Gasteiger charge is 2.16. The molecule has 0 bridgehead atoms. The predicted octanol–water partition coefficient (Wildman–Crippen LogP) is 1.49. The highest BCUT2D eigenvalue weighted by Crippen LogP contribution is 2.17. The van der Waals surface area contributed by atoms with Gasteiger partial charge in [0.1, 0.15) is 0 Å². The number of carbonyl (C=O) groups excluding carboxylic acids is 1. The van der Waals surface area contributed by atoms with E-state index < -0.39 is 0 Å². The van der Waals surface area contributed by atoms with Crippen molar-refractivity contribution in [3.63, 3.8) is 0 Å². The summed E-state index contributed by atoms with van der Waals surface area (Å²) in [5, 5.41) is 12.4. The van der Waals surface area contributed by atoms with Crippen LogP contribution in [0, 0.1) is 0 Å². The Labute approximate surface area is 134 Å². The molecule has 1 unspecified atom stereocenters. The summed E-state index contributed by atoms with van der Waals surface area (Å²) in [6.45, 7) is 3.87. The van der Waals surface area contributed by atoms with Gasteiger partial charge in [-0.1, -0.05) is 13.0 Å². The van der Waals surface area contributed by atoms with Gasteiger partial charge in [0.25, 0.3) is 0 Å². The molecule has 1 aromatic rings. The van der Waals surface area contributed by atoms with Crippen molar-refractivity contribution in [3.8, 4) is 0 Å². The molecule has 0 heterocycles. The van der Waals surface area contributed by atoms with E-state index in [1.807, 2.05) is 27.2 Å². The van der Waals surface area contributed by atoms with E-state index in [1.54, 1.807) is 0 Å². The summed E-state index contributed by atoms with van der Waals surface area (Å²) >= 11 is 0. The molecule has 0 saturated heterocycles. The maximum atomic E-state index is 12.4. The molecule has 1 rings (SSSR count). The molecule has 0 fully saturated rings. The Morgan fingerprint density at radius 1 is 1.14 bits per heavy atom. The van der Waals surface area contributed by atoms with Crippen molar-refractivity contribution in [2.75, 3.05) is 33.0 Å². The van der Waals surface area contributed by atoms with Crippen molar-refractivity contribution in [1.82, 2.24) is 16.0 Å². The number of amides is 1. The van der Waals surface area contributed by atoms with Crippen molar-refractivity contribution in [2.45, 2.75) is 38.8 Å². The lowest BCUT2D eigenvalue weighted by molar-refractivity contribution is -0.118. The summed E-state index contributed by atoms with van der Waals surface area (Å²) in [5.74, 6) is 0.0262. The molecule has 0 aliphatic rings. The number of rotatable bonds is 10. The van der Waals surface area contributed by atoms with E-state index in [4.69, 9.17) is 0 Å². The number of benzene rings is 1. The van der Waals surface area contributed by atoms with Gasteiger partial charge in [-0.2, -0.15) is 0 Å². The first-order valence-electron chi connectivity index (χ1n) is 8.05. The first-order valence-corrected chi connectivity index (χ1v) is 8.05. The zero-order chi connectivity index (χ0) is 16.4. The first-order chi connectivity index (χ1) is 10.7. The number of hydrogen-bond acceptors (Lipinski definition) is 4. The standard InChI is InChI=1S/C17H30N4O/c1-5-13-8-9-15(11-14(13)12-19-3)21-17(22)16(20-4)7-6-10-18-2/h8-9,11,16,18-20H,5-7,10,12H2,1-4H3,(H,21,22). The number of carbonyl (C=O) groups is 1. The van der Waals surface area contributed by atoms with Gasteiger partial charge in [0.05, 0.1) is 6.04 Å². The van der Waals surface area contributed by atoms with Gasteiger partial charge in [-0.15, -0.1) is 0 Å². The molecule has 0 saturated carbocycles. The lowest BCUT2D eigenvalue weighted by Gasteiger charge is -2.17. The van der Waals surface area contributed by atoms with Crippen LogP contribution in [0.4, 0.5) is 5.69 Å². The number of hydrogen-bond donors (Lipinski definition) is 4. The molecular weight excluding hydrogens is 276 g/mol. The summed E-state index contributed by atoms with van der Waals surface area (Å²) in [7, 11) is 5.69. The highest BCUT2D eigenvalue weighted by atomic mass is 16.2. The Morgan fingerprint density at radius 3 is 2.50 bits per heavy atom. The molecule has 1 aromatic carbocycles. The second-order valence-corrected chi connectivity index (χ2v) is 5.44. The van der Waals surface area contributed by atoms with Gasteiger partial charge in [0.15, 0.2) is 0 Å². The largest absolute Gasteiger partial charge is 0.325 e. The van der Waals surface area contributed by atoms with E-state index >= 15 is 0 Å². The summed E-state index contributed by atoms with van der Waals surface area (Å²) in [4.78, 5) is 12.4. The van der Waals surface area contributed by atoms with Crippen LogP contribution in [0.5, 0.6) is 0 Å². The smallest absolute Gasteiger partial charge is 0.241 e. The van der Waals surface area contributed by atoms with E-state index in [1.165, 1.54) is 11.1 Å². The Bertz CT molecular complexity index is 462. The predicted molar refractivity (Wildman–Crippen MR) is 93.2 cm³/mol. The molecule has 1 atom stereocenters. The van der Waals surface area contributed by atoms with Crippen LogP contribution >= 0.6 is 0 Å². The van der Waals surface area contributed by atoms with Crippen LogP contribution in [0.2, 0.25) is 0 Å². The van der Waals surface area contributed by atoms with Crippen LogP contribution in [0.25, 0.3) is 0 Å². The Morgan fingerprint density at radius 2 is 1.91 bits per heavy atom. The van der Waals surface area contributed by atoms with Gasteiger partial charge < -0.3 is 21.3 Å². The monoisotopic (exact) mass is 306 g/mol. The van der Waals surface area contributed by atoms with E-state index in [-0.39, 0.29) is 11.9 Å². The molecule has 5 nitrogen and oxygen atoms in total. The topological polar surface area (TPSA) is 65.2 Å². The molecule has 0 aliphatic heterocycles. The average Bonchev–Trinajstić information content (AvgIpc) is 2.52. The average molecular weight is 306 g/mol. The summed E-state index contributed by atoms with van der Waals surface area (Å²) in [6, 6.07) is 5.98. The first kappa shape index (κ1) is 18.6. The van der Waals surface area contributed by atoms with Gasteiger partial charge in [0.2, 0.25) is 5.91 Å². The van der Waals surface area contributed by atoms with Gasteiger partial charge in [-0.3, -0.25) is 4.79 Å². The van der Waals surface area contributed by atoms with Gasteiger partial charge >= 0.3 is 0 Å². The van der Waals surface area contributed by atoms with E-state index in [2.05, 4.69) is 40.3 Å². The van der Waals surface area contributed by atoms with Crippen molar-refractivity contribution in [3.05, 3.63) is 29.3 Å². The Balaban J connectivity index is 2.71. The van der Waals surface area contributed by atoms with Crippen molar-refractivity contribution < 1.29 is 4.79 Å². The van der Waals surface area contributed by atoms with Crippen LogP contribution in [0.1, 0.15) is 30.9 Å². The molecule has 0 aliphatic carbocycles. The summed E-state index contributed by atoms with van der Waals surface area (Å²) < 4.78 is 0. The third kappa shape index (κ3) is 5.75. The molecular formula is C17H30N4O. The number of nitrogens with one attached hydrogen (secondary N) is 4. The van der Waals surface area contributed by atoms with Crippen LogP contribution in [-0.2, 0) is 17.8 Å². The van der Waals surface area contributed by atoms with Gasteiger partial charge in [-0.05, 0) is 70.2 Å². The molecule has 22 heavy (non-hydrogen) atoms. The molecule has 4 N–H and O–H groups in total. The molecule has 0 aromatic heterocycles. The zero-order valence-electron chi connectivity index (χ0n) is 14.3. The minimum absolute atomic E-state index is 0.0262. The van der Waals surface area contributed by atoms with Crippen molar-refractivity contribution in [1.29, 1.82) is 0 Å². The SMILES string of the molecule is CCc1ccc(NC(=O)C(CCCNC)NC)cc1CNC. The van der Waals surface area contributed by atoms with Crippen LogP contribution in [0.3, 0.4) is 0 Å². The zero-order valence-corrected chi connectivity index (χ0v) is 14.3. The van der Waals surface area contributed by atoms with E-state index in [0.29, 0.717) is 0 Å². The van der Waals surface area contributed by atoms with Gasteiger partial charge in [-0.25, -0.2) is 0 Å². The number of likely N-dealkylation sites (N-methyl/N-ethyl adjacent to an activating group) is 1. The quantitative estimate of drug-likeness (QED) is 0.495. The number of aryl methyl sites for hydroxylation is 1. The molecule has 1 amide bonds. The number of anilines is 1. The summed E-state index contributed by atoms with van der Waals surface area (Å²) in [5.41, 5.74) is 3.41. The normalized spacial score (nSPS) is 12.2. The minimum atomic E-state index is -0.160. The van der Waals surface area contributed by atoms with Crippen LogP contribution < -0.4 is 21.3 Å². The lowest BCUT2D eigenvalue weighted by Crippen LogP contribution is -2.38. The van der Waals surface area contributed by atoms with Gasteiger partial charge in [0, 0.05) is 12.2 Å². The fourth-order valence-electron chi connectivity index (χ4n) is 2.52. The fraction of sp³-hybridized carbons (Fsp3) is 0.588.